The van der Waals surface area contributed by atoms with E-state index in [1.807, 2.05) is 0 Å². The van der Waals surface area contributed by atoms with Crippen molar-refractivity contribution >= 4 is 21.7 Å². The maximum absolute atomic E-state index is 11.3. The van der Waals surface area contributed by atoms with E-state index in [1.165, 1.54) is 7.05 Å². The number of rotatable bonds is 2. The lowest BCUT2D eigenvalue weighted by atomic mass is 10.3. The summed E-state index contributed by atoms with van der Waals surface area (Å²) in [5, 5.41) is 1.92. The first-order chi connectivity index (χ1) is 6.86. The van der Waals surface area contributed by atoms with Crippen molar-refractivity contribution in [3.05, 3.63) is 11.8 Å². The lowest BCUT2D eigenvalue weighted by Crippen LogP contribution is -2.22. The van der Waals surface area contributed by atoms with Gasteiger partial charge in [0, 0.05) is 19.5 Å². The third kappa shape index (κ3) is 2.40. The molecule has 15 heavy (non-hydrogen) atoms. The third-order valence-corrected chi connectivity index (χ3v) is 2.61. The van der Waals surface area contributed by atoms with E-state index < -0.39 is 15.7 Å². The van der Waals surface area contributed by atoms with Gasteiger partial charge in [-0.3, -0.25) is 4.79 Å². The van der Waals surface area contributed by atoms with E-state index in [0.717, 1.165) is 12.5 Å². The van der Waals surface area contributed by atoms with Crippen LogP contribution in [0.15, 0.2) is 11.2 Å². The number of aromatic nitrogens is 2. The summed E-state index contributed by atoms with van der Waals surface area (Å²) in [6.45, 7) is 0. The Hall–Kier alpha value is -1.70. The van der Waals surface area contributed by atoms with Crippen LogP contribution in [0.3, 0.4) is 0 Å². The number of nitrogens with two attached hydrogens (primary N) is 1. The summed E-state index contributed by atoms with van der Waals surface area (Å²) in [6, 6.07) is 0. The predicted octanol–water partition coefficient (Wildman–Crippen LogP) is -1.18. The zero-order valence-corrected chi connectivity index (χ0v) is 9.00. The highest BCUT2D eigenvalue weighted by Gasteiger charge is 2.20. The summed E-state index contributed by atoms with van der Waals surface area (Å²) >= 11 is 0. The van der Waals surface area contributed by atoms with Gasteiger partial charge in [-0.25, -0.2) is 18.4 Å². The largest absolute Gasteiger partial charge is 0.368 e. The van der Waals surface area contributed by atoms with Gasteiger partial charge in [0.15, 0.2) is 14.9 Å². The van der Waals surface area contributed by atoms with Gasteiger partial charge >= 0.3 is 0 Å². The minimum absolute atomic E-state index is 0.116. The van der Waals surface area contributed by atoms with Crippen LogP contribution in [0.25, 0.3) is 0 Å². The monoisotopic (exact) mass is 230 g/mol. The molecule has 3 N–H and O–H groups in total. The van der Waals surface area contributed by atoms with Crippen molar-refractivity contribution in [1.82, 2.24) is 15.3 Å². The molecule has 0 aliphatic rings. The predicted molar refractivity (Wildman–Crippen MR) is 52.9 cm³/mol. The van der Waals surface area contributed by atoms with E-state index >= 15 is 0 Å². The second kappa shape index (κ2) is 3.81. The van der Waals surface area contributed by atoms with E-state index in [4.69, 9.17) is 5.73 Å². The maximum Gasteiger partial charge on any atom is 0.255 e. The van der Waals surface area contributed by atoms with E-state index in [0.29, 0.717) is 0 Å². The number of anilines is 1. The van der Waals surface area contributed by atoms with Gasteiger partial charge in [-0.1, -0.05) is 0 Å². The molecule has 1 aromatic heterocycles. The molecule has 0 unspecified atom stereocenters. The summed E-state index contributed by atoms with van der Waals surface area (Å²) < 4.78 is 22.6. The Morgan fingerprint density at radius 1 is 1.53 bits per heavy atom. The first kappa shape index (κ1) is 11.4. The number of nitrogens with one attached hydrogen (secondary N) is 1. The van der Waals surface area contributed by atoms with Crippen LogP contribution >= 0.6 is 0 Å². The van der Waals surface area contributed by atoms with Gasteiger partial charge in [0.05, 0.1) is 5.56 Å². The second-order valence-electron chi connectivity index (χ2n) is 2.80. The lowest BCUT2D eigenvalue weighted by molar-refractivity contribution is 0.0958. The highest BCUT2D eigenvalue weighted by Crippen LogP contribution is 2.12. The normalized spacial score (nSPS) is 11.1. The first-order valence-electron chi connectivity index (χ1n) is 3.91. The average Bonchev–Trinajstić information content (AvgIpc) is 2.15. The van der Waals surface area contributed by atoms with Gasteiger partial charge in [-0.2, -0.15) is 0 Å². The number of hydrogen-bond donors (Lipinski definition) is 2. The maximum atomic E-state index is 11.3. The molecule has 0 aliphatic carbocycles. The van der Waals surface area contributed by atoms with E-state index in [9.17, 15) is 13.2 Å². The Morgan fingerprint density at radius 3 is 2.60 bits per heavy atom. The van der Waals surface area contributed by atoms with Crippen molar-refractivity contribution in [2.75, 3.05) is 19.0 Å². The van der Waals surface area contributed by atoms with Crippen LogP contribution in [0.5, 0.6) is 0 Å². The Balaban J connectivity index is 3.47. The summed E-state index contributed by atoms with van der Waals surface area (Å²) in [6.07, 6.45) is 2.03. The zero-order chi connectivity index (χ0) is 11.6. The van der Waals surface area contributed by atoms with Crippen LogP contribution in [-0.2, 0) is 9.84 Å². The molecule has 0 aliphatic heterocycles. The van der Waals surface area contributed by atoms with E-state index in [-0.39, 0.29) is 16.5 Å². The highest BCUT2D eigenvalue weighted by atomic mass is 32.2. The Morgan fingerprint density at radius 2 is 2.13 bits per heavy atom. The molecule has 1 rings (SSSR count). The minimum atomic E-state index is -3.60. The summed E-state index contributed by atoms with van der Waals surface area (Å²) in [7, 11) is -2.22. The quantitative estimate of drug-likeness (QED) is 0.618. The molecule has 1 amide bonds. The number of nitrogens with zero attached hydrogens (tertiary/aromatic N) is 2. The first-order valence-corrected chi connectivity index (χ1v) is 5.80. The Bertz CT molecular complexity index is 497. The topological polar surface area (TPSA) is 115 Å². The molecule has 0 atom stereocenters. The van der Waals surface area contributed by atoms with Crippen LogP contribution in [-0.4, -0.2) is 37.6 Å². The van der Waals surface area contributed by atoms with E-state index in [2.05, 4.69) is 15.3 Å². The molecule has 1 heterocycles. The van der Waals surface area contributed by atoms with Gasteiger partial charge in [0.25, 0.3) is 5.91 Å². The smallest absolute Gasteiger partial charge is 0.255 e. The second-order valence-corrected chi connectivity index (χ2v) is 4.73. The molecular formula is C7H10N4O3S. The SMILES string of the molecule is CNC(=O)c1cnc(N)nc1S(C)(=O)=O. The van der Waals surface area contributed by atoms with Crippen LogP contribution in [0.1, 0.15) is 10.4 Å². The molecule has 1 aromatic rings. The molecule has 0 spiro atoms. The van der Waals surface area contributed by atoms with Gasteiger partial charge in [-0.15, -0.1) is 0 Å². The van der Waals surface area contributed by atoms with Gasteiger partial charge in [-0.05, 0) is 0 Å². The lowest BCUT2D eigenvalue weighted by Gasteiger charge is -2.05. The number of sulfone groups is 1. The van der Waals surface area contributed by atoms with Crippen molar-refractivity contribution in [2.24, 2.45) is 0 Å². The highest BCUT2D eigenvalue weighted by molar-refractivity contribution is 7.90. The molecule has 82 valence electrons. The fraction of sp³-hybridized carbons (Fsp3) is 0.286. The van der Waals surface area contributed by atoms with Crippen LogP contribution in [0, 0.1) is 0 Å². The van der Waals surface area contributed by atoms with Crippen molar-refractivity contribution in [3.8, 4) is 0 Å². The van der Waals surface area contributed by atoms with Crippen LogP contribution in [0.2, 0.25) is 0 Å². The van der Waals surface area contributed by atoms with Crippen LogP contribution in [0.4, 0.5) is 5.95 Å². The molecule has 0 bridgehead atoms. The van der Waals surface area contributed by atoms with Crippen molar-refractivity contribution < 1.29 is 13.2 Å². The molecule has 7 nitrogen and oxygen atoms in total. The Kier molecular flexibility index (Phi) is 2.89. The number of hydrogen-bond acceptors (Lipinski definition) is 6. The number of amides is 1. The number of carbonyl (C=O) groups is 1. The molecule has 8 heteroatoms. The fourth-order valence-corrected chi connectivity index (χ4v) is 1.76. The van der Waals surface area contributed by atoms with Crippen molar-refractivity contribution in [3.63, 3.8) is 0 Å². The zero-order valence-electron chi connectivity index (χ0n) is 8.18. The van der Waals surface area contributed by atoms with Gasteiger partial charge in [0.1, 0.15) is 0 Å². The standard InChI is InChI=1S/C7H10N4O3S/c1-9-5(12)4-3-10-7(8)11-6(4)15(2,13)14/h3H,1-2H3,(H,9,12)(H2,8,10,11). The average molecular weight is 230 g/mol. The summed E-state index contributed by atoms with van der Waals surface area (Å²) in [5.41, 5.74) is 5.13. The van der Waals surface area contributed by atoms with Crippen molar-refractivity contribution in [2.45, 2.75) is 5.03 Å². The molecule has 0 saturated heterocycles. The van der Waals surface area contributed by atoms with Gasteiger partial charge < -0.3 is 11.1 Å². The molecule has 0 fully saturated rings. The molecule has 0 radical (unpaired) electrons. The molecule has 0 aromatic carbocycles. The van der Waals surface area contributed by atoms with Crippen molar-refractivity contribution in [1.29, 1.82) is 0 Å². The summed E-state index contributed by atoms with van der Waals surface area (Å²) in [4.78, 5) is 18.4. The van der Waals surface area contributed by atoms with Gasteiger partial charge in [0.2, 0.25) is 5.95 Å². The van der Waals surface area contributed by atoms with E-state index in [1.54, 1.807) is 0 Å². The number of carbonyl (C=O) groups excluding carboxylic acids is 1. The minimum Gasteiger partial charge on any atom is -0.368 e. The number of nitrogen functional groups attached to an aromatic ring is 1. The molecule has 0 saturated carbocycles. The third-order valence-electron chi connectivity index (χ3n) is 1.60. The van der Waals surface area contributed by atoms with Crippen LogP contribution < -0.4 is 11.1 Å². The molecular weight excluding hydrogens is 220 g/mol. The Labute approximate surface area is 86.6 Å². The fourth-order valence-electron chi connectivity index (χ4n) is 0.952. The summed E-state index contributed by atoms with van der Waals surface area (Å²) in [5.74, 6) is -0.765.